The number of esters is 1. The quantitative estimate of drug-likeness (QED) is 0.211. The number of fused-ring (bicyclic) bond motifs is 1. The monoisotopic (exact) mass is 628 g/mol. The van der Waals surface area contributed by atoms with E-state index in [4.69, 9.17) is 23.7 Å². The molecule has 0 fully saturated rings. The number of methoxy groups -OCH3 is 2. The number of nitrogens with zero attached hydrogens (tertiary/aromatic N) is 2. The van der Waals surface area contributed by atoms with Crippen LogP contribution in [-0.2, 0) is 16.1 Å². The highest BCUT2D eigenvalue weighted by atomic mass is 32.1. The van der Waals surface area contributed by atoms with Crippen molar-refractivity contribution < 1.29 is 28.5 Å². The number of ether oxygens (including phenoxy) is 5. The number of rotatable bonds is 11. The molecule has 1 atom stereocenters. The minimum atomic E-state index is -0.802. The summed E-state index contributed by atoms with van der Waals surface area (Å²) in [4.78, 5) is 32.7. The zero-order chi connectivity index (χ0) is 32.1. The Balaban J connectivity index is 1.66. The molecule has 5 rings (SSSR count). The van der Waals surface area contributed by atoms with Gasteiger partial charge in [0.15, 0.2) is 27.8 Å². The van der Waals surface area contributed by atoms with E-state index in [2.05, 4.69) is 4.99 Å². The van der Waals surface area contributed by atoms with Crippen LogP contribution in [0.4, 0.5) is 0 Å². The number of carbonyl (C=O) groups excluding carboxylic acids is 1. The summed E-state index contributed by atoms with van der Waals surface area (Å²) in [6.45, 7) is 7.85. The second-order valence-electron chi connectivity index (χ2n) is 10.5. The van der Waals surface area contributed by atoms with Gasteiger partial charge in [0, 0.05) is 5.56 Å². The standard InChI is InChI=1S/C35H36N2O7S/c1-7-42-34(39)30-22(4)36-35-37(31(30)24-16-17-26(44-21(2)3)28(18-24)41-6)33(38)29(45-35)19-25-14-11-15-27(40-5)32(25)43-20-23-12-9-8-10-13-23/h8-19,21,31H,7,20H2,1-6H3/b29-19+/t31-/m1/s1. The molecule has 0 saturated carbocycles. The van der Waals surface area contributed by atoms with Gasteiger partial charge < -0.3 is 23.7 Å². The fourth-order valence-corrected chi connectivity index (χ4v) is 6.18. The molecule has 0 bridgehead atoms. The molecule has 0 N–H and O–H groups in total. The SMILES string of the molecule is CCOC(=O)C1=C(C)N=c2s/c(=C/c3cccc(OC)c3OCc3ccccc3)c(=O)n2[C@@H]1c1ccc(OC(C)C)c(OC)c1. The highest BCUT2D eigenvalue weighted by Crippen LogP contribution is 2.37. The van der Waals surface area contributed by atoms with Crippen molar-refractivity contribution in [3.05, 3.63) is 114 Å². The third-order valence-electron chi connectivity index (χ3n) is 7.12. The summed E-state index contributed by atoms with van der Waals surface area (Å²) in [7, 11) is 3.13. The van der Waals surface area contributed by atoms with Crippen molar-refractivity contribution in [1.82, 2.24) is 4.57 Å². The van der Waals surface area contributed by atoms with E-state index in [1.165, 1.54) is 15.9 Å². The molecule has 0 unspecified atom stereocenters. The number of carbonyl (C=O) groups is 1. The van der Waals surface area contributed by atoms with Crippen molar-refractivity contribution >= 4 is 23.4 Å². The topological polar surface area (TPSA) is 97.6 Å². The molecule has 0 spiro atoms. The highest BCUT2D eigenvalue weighted by Gasteiger charge is 2.34. The summed E-state index contributed by atoms with van der Waals surface area (Å²) in [6, 6.07) is 19.9. The van der Waals surface area contributed by atoms with Crippen LogP contribution in [0.15, 0.2) is 87.8 Å². The molecule has 3 aromatic carbocycles. The number of para-hydroxylation sites is 1. The highest BCUT2D eigenvalue weighted by molar-refractivity contribution is 7.07. The van der Waals surface area contributed by atoms with E-state index in [1.54, 1.807) is 46.3 Å². The van der Waals surface area contributed by atoms with E-state index in [0.29, 0.717) is 55.8 Å². The lowest BCUT2D eigenvalue weighted by atomic mass is 9.95. The van der Waals surface area contributed by atoms with E-state index < -0.39 is 12.0 Å². The summed E-state index contributed by atoms with van der Waals surface area (Å²) in [5.74, 6) is 1.56. The zero-order valence-corrected chi connectivity index (χ0v) is 27.0. The summed E-state index contributed by atoms with van der Waals surface area (Å²) in [6.07, 6.45) is 1.70. The van der Waals surface area contributed by atoms with Crippen molar-refractivity contribution in [2.45, 2.75) is 46.4 Å². The second kappa shape index (κ2) is 13.9. The Labute approximate surface area is 265 Å². The van der Waals surface area contributed by atoms with Crippen LogP contribution < -0.4 is 33.8 Å². The Kier molecular flexibility index (Phi) is 9.73. The van der Waals surface area contributed by atoms with Crippen molar-refractivity contribution in [2.75, 3.05) is 20.8 Å². The average molecular weight is 629 g/mol. The molecule has 0 aliphatic carbocycles. The van der Waals surface area contributed by atoms with E-state index in [0.717, 1.165) is 5.56 Å². The van der Waals surface area contributed by atoms with Gasteiger partial charge in [0.05, 0.1) is 48.8 Å². The Bertz CT molecular complexity index is 1910. The molecule has 1 aliphatic heterocycles. The fourth-order valence-electron chi connectivity index (χ4n) is 5.15. The van der Waals surface area contributed by atoms with E-state index in [-0.39, 0.29) is 23.8 Å². The van der Waals surface area contributed by atoms with Crippen molar-refractivity contribution in [2.24, 2.45) is 4.99 Å². The van der Waals surface area contributed by atoms with Crippen LogP contribution in [0.25, 0.3) is 6.08 Å². The van der Waals surface area contributed by atoms with Crippen LogP contribution in [0, 0.1) is 0 Å². The van der Waals surface area contributed by atoms with Crippen LogP contribution in [0.3, 0.4) is 0 Å². The second-order valence-corrected chi connectivity index (χ2v) is 11.5. The number of allylic oxidation sites excluding steroid dienone is 1. The fraction of sp³-hybridized carbons (Fsp3) is 0.286. The van der Waals surface area contributed by atoms with Gasteiger partial charge in [-0.2, -0.15) is 0 Å². The summed E-state index contributed by atoms with van der Waals surface area (Å²) < 4.78 is 30.8. The molecule has 45 heavy (non-hydrogen) atoms. The first kappa shape index (κ1) is 31.6. The largest absolute Gasteiger partial charge is 0.493 e. The maximum absolute atomic E-state index is 14.2. The van der Waals surface area contributed by atoms with Crippen LogP contribution in [0.5, 0.6) is 23.0 Å². The lowest BCUT2D eigenvalue weighted by Gasteiger charge is -2.25. The molecule has 9 nitrogen and oxygen atoms in total. The Morgan fingerprint density at radius 2 is 1.76 bits per heavy atom. The molecule has 1 aliphatic rings. The van der Waals surface area contributed by atoms with Gasteiger partial charge in [-0.05, 0) is 63.1 Å². The number of thiazole rings is 1. The third kappa shape index (κ3) is 6.66. The van der Waals surface area contributed by atoms with Crippen LogP contribution in [0.2, 0.25) is 0 Å². The van der Waals surface area contributed by atoms with E-state index >= 15 is 0 Å². The number of aromatic nitrogens is 1. The van der Waals surface area contributed by atoms with Gasteiger partial charge in [0.25, 0.3) is 5.56 Å². The molecule has 0 saturated heterocycles. The number of hydrogen-bond donors (Lipinski definition) is 0. The van der Waals surface area contributed by atoms with Crippen LogP contribution in [-0.4, -0.2) is 37.5 Å². The summed E-state index contributed by atoms with van der Waals surface area (Å²) in [5.41, 5.74) is 2.77. The Morgan fingerprint density at radius 1 is 1.00 bits per heavy atom. The molecular weight excluding hydrogens is 592 g/mol. The van der Waals surface area contributed by atoms with Gasteiger partial charge in [-0.15, -0.1) is 0 Å². The third-order valence-corrected chi connectivity index (χ3v) is 8.11. The first-order chi connectivity index (χ1) is 21.7. The zero-order valence-electron chi connectivity index (χ0n) is 26.2. The lowest BCUT2D eigenvalue weighted by Crippen LogP contribution is -2.40. The molecule has 0 amide bonds. The first-order valence-electron chi connectivity index (χ1n) is 14.6. The van der Waals surface area contributed by atoms with Gasteiger partial charge in [-0.25, -0.2) is 9.79 Å². The van der Waals surface area contributed by atoms with Gasteiger partial charge >= 0.3 is 5.97 Å². The maximum atomic E-state index is 14.2. The van der Waals surface area contributed by atoms with Crippen molar-refractivity contribution in [3.63, 3.8) is 0 Å². The Morgan fingerprint density at radius 3 is 2.44 bits per heavy atom. The molecule has 10 heteroatoms. The number of hydrogen-bond acceptors (Lipinski definition) is 9. The molecule has 234 valence electrons. The van der Waals surface area contributed by atoms with Crippen LogP contribution in [0.1, 0.15) is 50.4 Å². The molecule has 4 aromatic rings. The van der Waals surface area contributed by atoms with E-state index in [9.17, 15) is 9.59 Å². The normalized spacial score (nSPS) is 14.6. The molecule has 2 heterocycles. The summed E-state index contributed by atoms with van der Waals surface area (Å²) >= 11 is 1.23. The van der Waals surface area contributed by atoms with Gasteiger partial charge in [0.1, 0.15) is 6.61 Å². The minimum Gasteiger partial charge on any atom is -0.493 e. The predicted octanol–water partition coefficient (Wildman–Crippen LogP) is 5.18. The molecule has 0 radical (unpaired) electrons. The summed E-state index contributed by atoms with van der Waals surface area (Å²) in [5, 5.41) is 0. The molecular formula is C35H36N2O7S. The minimum absolute atomic E-state index is 0.0715. The lowest BCUT2D eigenvalue weighted by molar-refractivity contribution is -0.139. The van der Waals surface area contributed by atoms with Crippen molar-refractivity contribution in [1.29, 1.82) is 0 Å². The Hall–Kier alpha value is -4.83. The molecule has 1 aromatic heterocycles. The van der Waals surface area contributed by atoms with Gasteiger partial charge in [-0.1, -0.05) is 59.9 Å². The first-order valence-corrected chi connectivity index (χ1v) is 15.4. The van der Waals surface area contributed by atoms with E-state index in [1.807, 2.05) is 68.4 Å². The number of benzene rings is 3. The maximum Gasteiger partial charge on any atom is 0.338 e. The van der Waals surface area contributed by atoms with Gasteiger partial charge in [0.2, 0.25) is 0 Å². The predicted molar refractivity (Wildman–Crippen MR) is 173 cm³/mol. The van der Waals surface area contributed by atoms with Crippen LogP contribution >= 0.6 is 11.3 Å². The van der Waals surface area contributed by atoms with Crippen molar-refractivity contribution in [3.8, 4) is 23.0 Å². The average Bonchev–Trinajstić information content (AvgIpc) is 3.33. The van der Waals surface area contributed by atoms with Gasteiger partial charge in [-0.3, -0.25) is 9.36 Å². The smallest absolute Gasteiger partial charge is 0.338 e.